The Morgan fingerprint density at radius 2 is 1.74 bits per heavy atom. The summed E-state index contributed by atoms with van der Waals surface area (Å²) in [5, 5.41) is 0. The summed E-state index contributed by atoms with van der Waals surface area (Å²) in [7, 11) is 0.712. The largest absolute Gasteiger partial charge is 0.497 e. The first-order valence-electron chi connectivity index (χ1n) is 9.13. The second kappa shape index (κ2) is 9.36. The van der Waals surface area contributed by atoms with Crippen LogP contribution >= 0.6 is 11.3 Å². The Kier molecular flexibility index (Phi) is 6.81. The highest BCUT2D eigenvalue weighted by molar-refractivity contribution is 7.92. The lowest BCUT2D eigenvalue weighted by atomic mass is 10.3. The van der Waals surface area contributed by atoms with Crippen molar-refractivity contribution in [1.82, 2.24) is 4.57 Å². The fourth-order valence-corrected chi connectivity index (χ4v) is 5.13. The highest BCUT2D eigenvalue weighted by Gasteiger charge is 2.20. The van der Waals surface area contributed by atoms with E-state index in [0.717, 1.165) is 10.2 Å². The SMILES string of the molecule is C=CCn1c(=NC(=O)CS(=O)(=O)c2ccc(OC)cc2)sc2cc(OC)c(OC)cc21. The van der Waals surface area contributed by atoms with E-state index in [1.807, 2.05) is 0 Å². The van der Waals surface area contributed by atoms with Crippen LogP contribution in [0, 0.1) is 0 Å². The highest BCUT2D eigenvalue weighted by Crippen LogP contribution is 2.33. The molecule has 1 amide bonds. The second-order valence-corrected chi connectivity index (χ2v) is 9.40. The van der Waals surface area contributed by atoms with Crippen LogP contribution in [-0.2, 0) is 21.2 Å². The molecule has 0 aliphatic heterocycles. The summed E-state index contributed by atoms with van der Waals surface area (Å²) in [5.41, 5.74) is 0.770. The monoisotopic (exact) mass is 462 g/mol. The molecule has 0 aliphatic rings. The highest BCUT2D eigenvalue weighted by atomic mass is 32.2. The van der Waals surface area contributed by atoms with Gasteiger partial charge in [-0.15, -0.1) is 6.58 Å². The molecule has 0 atom stereocenters. The lowest BCUT2D eigenvalue weighted by Gasteiger charge is -2.08. The number of allylic oxidation sites excluding steroid dienone is 1. The number of nitrogens with zero attached hydrogens (tertiary/aromatic N) is 2. The van der Waals surface area contributed by atoms with E-state index < -0.39 is 21.5 Å². The Balaban J connectivity index is 2.00. The molecule has 0 spiro atoms. The summed E-state index contributed by atoms with van der Waals surface area (Å²) >= 11 is 1.25. The van der Waals surface area contributed by atoms with E-state index in [2.05, 4.69) is 11.6 Å². The number of fused-ring (bicyclic) bond motifs is 1. The molecule has 8 nitrogen and oxygen atoms in total. The molecule has 0 saturated carbocycles. The van der Waals surface area contributed by atoms with Crippen molar-refractivity contribution in [3.05, 3.63) is 53.9 Å². The van der Waals surface area contributed by atoms with E-state index >= 15 is 0 Å². The van der Waals surface area contributed by atoms with Crippen molar-refractivity contribution in [2.24, 2.45) is 4.99 Å². The molecule has 0 radical (unpaired) electrons. The van der Waals surface area contributed by atoms with Gasteiger partial charge in [0.05, 0.1) is 36.4 Å². The Hall–Kier alpha value is -3.11. The molecular formula is C21H22N2O6S2. The summed E-state index contributed by atoms with van der Waals surface area (Å²) in [6.45, 7) is 4.13. The van der Waals surface area contributed by atoms with Crippen molar-refractivity contribution in [3.8, 4) is 17.2 Å². The molecular weight excluding hydrogens is 440 g/mol. The second-order valence-electron chi connectivity index (χ2n) is 6.40. The van der Waals surface area contributed by atoms with Gasteiger partial charge < -0.3 is 18.8 Å². The fraction of sp³-hybridized carbons (Fsp3) is 0.238. The van der Waals surface area contributed by atoms with Gasteiger partial charge in [0.2, 0.25) is 0 Å². The molecule has 0 unspecified atom stereocenters. The van der Waals surface area contributed by atoms with Crippen molar-refractivity contribution >= 4 is 37.3 Å². The lowest BCUT2D eigenvalue weighted by molar-refractivity contribution is -0.115. The van der Waals surface area contributed by atoms with Crippen molar-refractivity contribution in [3.63, 3.8) is 0 Å². The van der Waals surface area contributed by atoms with Crippen molar-refractivity contribution in [2.45, 2.75) is 11.4 Å². The average molecular weight is 463 g/mol. The summed E-state index contributed by atoms with van der Waals surface area (Å²) in [6.07, 6.45) is 1.67. The molecule has 31 heavy (non-hydrogen) atoms. The number of methoxy groups -OCH3 is 3. The predicted octanol–water partition coefficient (Wildman–Crippen LogP) is 2.82. The minimum atomic E-state index is -3.84. The third-order valence-corrected chi connectivity index (χ3v) is 7.11. The number of hydrogen-bond acceptors (Lipinski definition) is 7. The van der Waals surface area contributed by atoms with Crippen LogP contribution < -0.4 is 19.0 Å². The molecule has 0 N–H and O–H groups in total. The van der Waals surface area contributed by atoms with Crippen LogP contribution in [0.15, 0.2) is 58.9 Å². The van der Waals surface area contributed by atoms with E-state index in [9.17, 15) is 13.2 Å². The van der Waals surface area contributed by atoms with Gasteiger partial charge >= 0.3 is 0 Å². The molecule has 10 heteroatoms. The molecule has 0 aliphatic carbocycles. The number of hydrogen-bond donors (Lipinski definition) is 0. The van der Waals surface area contributed by atoms with Crippen molar-refractivity contribution in [1.29, 1.82) is 0 Å². The van der Waals surface area contributed by atoms with Gasteiger partial charge in [0.25, 0.3) is 5.91 Å². The summed E-state index contributed by atoms with van der Waals surface area (Å²) < 4.78 is 43.5. The van der Waals surface area contributed by atoms with Gasteiger partial charge in [-0.2, -0.15) is 4.99 Å². The van der Waals surface area contributed by atoms with Crippen LogP contribution in [0.1, 0.15) is 0 Å². The molecule has 3 rings (SSSR count). The molecule has 0 fully saturated rings. The van der Waals surface area contributed by atoms with Crippen molar-refractivity contribution < 1.29 is 27.4 Å². The first kappa shape index (κ1) is 22.6. The smallest absolute Gasteiger partial charge is 0.263 e. The maximum absolute atomic E-state index is 12.6. The van der Waals surface area contributed by atoms with Gasteiger partial charge in [-0.05, 0) is 24.3 Å². The number of amides is 1. The van der Waals surface area contributed by atoms with Crippen LogP contribution in [0.3, 0.4) is 0 Å². The van der Waals surface area contributed by atoms with Crippen LogP contribution in [0.4, 0.5) is 0 Å². The number of ether oxygens (including phenoxy) is 3. The third-order valence-electron chi connectivity index (χ3n) is 4.45. The maximum Gasteiger partial charge on any atom is 0.263 e. The van der Waals surface area contributed by atoms with Gasteiger partial charge in [0.1, 0.15) is 11.5 Å². The zero-order chi connectivity index (χ0) is 22.6. The molecule has 164 valence electrons. The number of sulfone groups is 1. The lowest BCUT2D eigenvalue weighted by Crippen LogP contribution is -2.20. The van der Waals surface area contributed by atoms with Crippen LogP contribution in [-0.4, -0.2) is 46.0 Å². The quantitative estimate of drug-likeness (QED) is 0.478. The molecule has 3 aromatic rings. The molecule has 0 saturated heterocycles. The summed E-state index contributed by atoms with van der Waals surface area (Å²) in [4.78, 5) is 17.0. The van der Waals surface area contributed by atoms with Gasteiger partial charge in [0, 0.05) is 18.7 Å². The number of aromatic nitrogens is 1. The van der Waals surface area contributed by atoms with Crippen LogP contribution in [0.2, 0.25) is 0 Å². The zero-order valence-electron chi connectivity index (χ0n) is 17.3. The van der Waals surface area contributed by atoms with Crippen molar-refractivity contribution in [2.75, 3.05) is 27.1 Å². The first-order valence-corrected chi connectivity index (χ1v) is 11.6. The Bertz CT molecular complexity index is 1290. The molecule has 1 aromatic heterocycles. The fourth-order valence-electron chi connectivity index (χ4n) is 2.96. The number of thiazole rings is 1. The molecule has 0 bridgehead atoms. The Morgan fingerprint density at radius 3 is 2.32 bits per heavy atom. The maximum atomic E-state index is 12.6. The van der Waals surface area contributed by atoms with E-state index in [-0.39, 0.29) is 4.90 Å². The predicted molar refractivity (Wildman–Crippen MR) is 119 cm³/mol. The van der Waals surface area contributed by atoms with Gasteiger partial charge in [-0.25, -0.2) is 8.42 Å². The van der Waals surface area contributed by atoms with E-state index in [0.29, 0.717) is 28.6 Å². The zero-order valence-corrected chi connectivity index (χ0v) is 19.0. The first-order chi connectivity index (χ1) is 14.8. The topological polar surface area (TPSA) is 96.2 Å². The van der Waals surface area contributed by atoms with E-state index in [1.165, 1.54) is 56.9 Å². The average Bonchev–Trinajstić information content (AvgIpc) is 3.08. The van der Waals surface area contributed by atoms with Gasteiger partial charge in [0.15, 0.2) is 26.1 Å². The third kappa shape index (κ3) is 4.80. The summed E-state index contributed by atoms with van der Waals surface area (Å²) in [5.74, 6) is 0.0945. The van der Waals surface area contributed by atoms with Gasteiger partial charge in [-0.3, -0.25) is 4.79 Å². The standard InChI is InChI=1S/C21H22N2O6S2/c1-5-10-23-16-11-17(28-3)18(29-4)12-19(16)30-21(23)22-20(24)13-31(25,26)15-8-6-14(27-2)7-9-15/h5-9,11-12H,1,10,13H2,2-4H3. The van der Waals surface area contributed by atoms with Gasteiger partial charge in [-0.1, -0.05) is 17.4 Å². The van der Waals surface area contributed by atoms with E-state index in [4.69, 9.17) is 14.2 Å². The number of rotatable bonds is 8. The number of carbonyl (C=O) groups is 1. The Labute approximate surface area is 183 Å². The molecule has 1 heterocycles. The Morgan fingerprint density at radius 1 is 1.10 bits per heavy atom. The minimum Gasteiger partial charge on any atom is -0.497 e. The summed E-state index contributed by atoms with van der Waals surface area (Å²) in [6, 6.07) is 9.43. The normalized spacial score (nSPS) is 12.0. The van der Waals surface area contributed by atoms with Crippen LogP contribution in [0.25, 0.3) is 10.2 Å². The number of benzene rings is 2. The number of carbonyl (C=O) groups excluding carboxylic acids is 1. The minimum absolute atomic E-state index is 0.0293. The molecule has 2 aromatic carbocycles. The van der Waals surface area contributed by atoms with Crippen LogP contribution in [0.5, 0.6) is 17.2 Å². The van der Waals surface area contributed by atoms with E-state index in [1.54, 1.807) is 22.8 Å².